The standard InChI is InChI=1S/C20H15FN2O/c21-16-4-8-20-14(9-16)2-6-18(23-20)12-24-19-7-3-13-1-5-17(22)10-15(13)11-19/h1-11H,12,22H2. The van der Waals surface area contributed by atoms with Crippen molar-refractivity contribution >= 4 is 27.4 Å². The number of nitrogens with two attached hydrogens (primary N) is 1. The molecule has 0 amide bonds. The van der Waals surface area contributed by atoms with Gasteiger partial charge in [0.2, 0.25) is 0 Å². The predicted molar refractivity (Wildman–Crippen MR) is 94.4 cm³/mol. The fraction of sp³-hybridized carbons (Fsp3) is 0.0500. The number of ether oxygens (including phenoxy) is 1. The topological polar surface area (TPSA) is 48.1 Å². The SMILES string of the molecule is Nc1ccc2ccc(OCc3ccc4cc(F)ccc4n3)cc2c1. The van der Waals surface area contributed by atoms with E-state index in [1.165, 1.54) is 12.1 Å². The number of nitrogen functional groups attached to an aromatic ring is 1. The van der Waals surface area contributed by atoms with Crippen molar-refractivity contribution in [3.8, 4) is 5.75 Å². The van der Waals surface area contributed by atoms with E-state index in [0.717, 1.165) is 38.8 Å². The maximum Gasteiger partial charge on any atom is 0.130 e. The number of aromatic nitrogens is 1. The van der Waals surface area contributed by atoms with E-state index in [9.17, 15) is 4.39 Å². The Bertz CT molecular complexity index is 1050. The summed E-state index contributed by atoms with van der Waals surface area (Å²) < 4.78 is 19.0. The van der Waals surface area contributed by atoms with Crippen LogP contribution in [0.4, 0.5) is 10.1 Å². The molecule has 0 aliphatic carbocycles. The summed E-state index contributed by atoms with van der Waals surface area (Å²) >= 11 is 0. The molecule has 4 heteroatoms. The van der Waals surface area contributed by atoms with E-state index < -0.39 is 0 Å². The van der Waals surface area contributed by atoms with Crippen LogP contribution in [0.3, 0.4) is 0 Å². The van der Waals surface area contributed by atoms with Crippen molar-refractivity contribution in [1.29, 1.82) is 0 Å². The van der Waals surface area contributed by atoms with Crippen LogP contribution in [0.1, 0.15) is 5.69 Å². The van der Waals surface area contributed by atoms with Gasteiger partial charge in [0.15, 0.2) is 0 Å². The van der Waals surface area contributed by atoms with E-state index >= 15 is 0 Å². The number of nitrogens with zero attached hydrogens (tertiary/aromatic N) is 1. The molecule has 0 aliphatic heterocycles. The molecule has 24 heavy (non-hydrogen) atoms. The minimum absolute atomic E-state index is 0.260. The lowest BCUT2D eigenvalue weighted by molar-refractivity contribution is 0.302. The Labute approximate surface area is 138 Å². The summed E-state index contributed by atoms with van der Waals surface area (Å²) in [5, 5.41) is 2.93. The second kappa shape index (κ2) is 5.81. The van der Waals surface area contributed by atoms with E-state index in [1.807, 2.05) is 48.5 Å². The smallest absolute Gasteiger partial charge is 0.130 e. The van der Waals surface area contributed by atoms with Crippen LogP contribution in [0.15, 0.2) is 66.7 Å². The Balaban J connectivity index is 1.57. The van der Waals surface area contributed by atoms with Crippen LogP contribution in [-0.2, 0) is 6.61 Å². The lowest BCUT2D eigenvalue weighted by Crippen LogP contribution is -1.98. The molecular formula is C20H15FN2O. The van der Waals surface area contributed by atoms with Gasteiger partial charge in [0.05, 0.1) is 11.2 Å². The van der Waals surface area contributed by atoms with Crippen LogP contribution in [0.2, 0.25) is 0 Å². The van der Waals surface area contributed by atoms with Crippen molar-refractivity contribution in [2.45, 2.75) is 6.61 Å². The third-order valence-electron chi connectivity index (χ3n) is 3.93. The highest BCUT2D eigenvalue weighted by Gasteiger charge is 2.03. The van der Waals surface area contributed by atoms with E-state index in [4.69, 9.17) is 10.5 Å². The van der Waals surface area contributed by atoms with Gasteiger partial charge in [0, 0.05) is 11.1 Å². The van der Waals surface area contributed by atoms with Gasteiger partial charge in [-0.2, -0.15) is 0 Å². The van der Waals surface area contributed by atoms with Gasteiger partial charge in [-0.1, -0.05) is 18.2 Å². The Morgan fingerprint density at radius 2 is 1.67 bits per heavy atom. The van der Waals surface area contributed by atoms with Crippen molar-refractivity contribution < 1.29 is 9.13 Å². The molecule has 1 aromatic heterocycles. The molecule has 4 rings (SSSR count). The van der Waals surface area contributed by atoms with Crippen LogP contribution in [-0.4, -0.2) is 4.98 Å². The summed E-state index contributed by atoms with van der Waals surface area (Å²) in [6.07, 6.45) is 0. The molecule has 0 bridgehead atoms. The van der Waals surface area contributed by atoms with Gasteiger partial charge < -0.3 is 10.5 Å². The molecule has 2 N–H and O–H groups in total. The summed E-state index contributed by atoms with van der Waals surface area (Å²) in [5.41, 5.74) is 8.10. The fourth-order valence-electron chi connectivity index (χ4n) is 2.71. The molecule has 4 aromatic rings. The normalized spacial score (nSPS) is 11.0. The highest BCUT2D eigenvalue weighted by atomic mass is 19.1. The molecule has 3 nitrogen and oxygen atoms in total. The largest absolute Gasteiger partial charge is 0.487 e. The van der Waals surface area contributed by atoms with Gasteiger partial charge in [0.25, 0.3) is 0 Å². The van der Waals surface area contributed by atoms with Crippen molar-refractivity contribution in [2.75, 3.05) is 5.73 Å². The summed E-state index contributed by atoms with van der Waals surface area (Å²) in [4.78, 5) is 4.50. The average Bonchev–Trinajstić information content (AvgIpc) is 2.59. The van der Waals surface area contributed by atoms with Crippen LogP contribution < -0.4 is 10.5 Å². The number of halogens is 1. The summed E-state index contributed by atoms with van der Waals surface area (Å²) in [5.74, 6) is 0.498. The first kappa shape index (κ1) is 14.5. The highest BCUT2D eigenvalue weighted by Crippen LogP contribution is 2.23. The number of hydrogen-bond acceptors (Lipinski definition) is 3. The number of pyridine rings is 1. The van der Waals surface area contributed by atoms with Gasteiger partial charge in [-0.3, -0.25) is 0 Å². The summed E-state index contributed by atoms with van der Waals surface area (Å²) in [7, 11) is 0. The molecule has 0 fully saturated rings. The zero-order chi connectivity index (χ0) is 16.5. The molecule has 0 spiro atoms. The first-order chi connectivity index (χ1) is 11.7. The lowest BCUT2D eigenvalue weighted by atomic mass is 10.1. The molecule has 1 heterocycles. The fourth-order valence-corrected chi connectivity index (χ4v) is 2.71. The molecule has 0 atom stereocenters. The Morgan fingerprint density at radius 3 is 2.58 bits per heavy atom. The van der Waals surface area contributed by atoms with Gasteiger partial charge in [0.1, 0.15) is 18.2 Å². The molecular weight excluding hydrogens is 303 g/mol. The van der Waals surface area contributed by atoms with Crippen molar-refractivity contribution in [2.24, 2.45) is 0 Å². The maximum absolute atomic E-state index is 13.2. The van der Waals surface area contributed by atoms with Gasteiger partial charge in [-0.25, -0.2) is 9.37 Å². The highest BCUT2D eigenvalue weighted by molar-refractivity contribution is 5.86. The number of anilines is 1. The molecule has 0 saturated heterocycles. The molecule has 0 aliphatic rings. The Kier molecular flexibility index (Phi) is 3.50. The summed E-state index contributed by atoms with van der Waals surface area (Å²) in [6, 6.07) is 19.9. The monoisotopic (exact) mass is 318 g/mol. The molecule has 0 unspecified atom stereocenters. The molecule has 118 valence electrons. The quantitative estimate of drug-likeness (QED) is 0.558. The van der Waals surface area contributed by atoms with Crippen LogP contribution in [0.25, 0.3) is 21.7 Å². The van der Waals surface area contributed by atoms with Crippen molar-refractivity contribution in [3.63, 3.8) is 0 Å². The zero-order valence-corrected chi connectivity index (χ0v) is 12.9. The number of rotatable bonds is 3. The first-order valence-corrected chi connectivity index (χ1v) is 7.65. The van der Waals surface area contributed by atoms with Gasteiger partial charge in [-0.15, -0.1) is 0 Å². The first-order valence-electron chi connectivity index (χ1n) is 7.65. The second-order valence-electron chi connectivity index (χ2n) is 5.70. The molecule has 3 aromatic carbocycles. The van der Waals surface area contributed by atoms with E-state index in [2.05, 4.69) is 4.98 Å². The van der Waals surface area contributed by atoms with E-state index in [1.54, 1.807) is 6.07 Å². The Morgan fingerprint density at radius 1 is 0.833 bits per heavy atom. The van der Waals surface area contributed by atoms with Crippen molar-refractivity contribution in [1.82, 2.24) is 4.98 Å². The van der Waals surface area contributed by atoms with E-state index in [0.29, 0.717) is 6.61 Å². The van der Waals surface area contributed by atoms with Gasteiger partial charge in [-0.05, 0) is 59.3 Å². The third-order valence-corrected chi connectivity index (χ3v) is 3.93. The van der Waals surface area contributed by atoms with E-state index in [-0.39, 0.29) is 5.82 Å². The van der Waals surface area contributed by atoms with Crippen molar-refractivity contribution in [3.05, 3.63) is 78.2 Å². The average molecular weight is 318 g/mol. The molecule has 0 radical (unpaired) electrons. The van der Waals surface area contributed by atoms with Crippen LogP contribution in [0, 0.1) is 5.82 Å². The second-order valence-corrected chi connectivity index (χ2v) is 5.70. The van der Waals surface area contributed by atoms with Crippen LogP contribution >= 0.6 is 0 Å². The van der Waals surface area contributed by atoms with Crippen LogP contribution in [0.5, 0.6) is 5.75 Å². The number of fused-ring (bicyclic) bond motifs is 2. The number of hydrogen-bond donors (Lipinski definition) is 1. The molecule has 0 saturated carbocycles. The Hall–Kier alpha value is -3.14. The summed E-state index contributed by atoms with van der Waals surface area (Å²) in [6.45, 7) is 0.348. The third kappa shape index (κ3) is 2.86. The lowest BCUT2D eigenvalue weighted by Gasteiger charge is -2.08. The zero-order valence-electron chi connectivity index (χ0n) is 12.9. The minimum atomic E-state index is -0.260. The minimum Gasteiger partial charge on any atom is -0.487 e. The number of benzene rings is 3. The maximum atomic E-state index is 13.2. The van der Waals surface area contributed by atoms with Gasteiger partial charge >= 0.3 is 0 Å². The predicted octanol–water partition coefficient (Wildman–Crippen LogP) is 4.69.